The number of benzene rings is 1. The number of anilines is 1. The SMILES string of the molecule is Nc1cc(S)c2sccc2c1Cl. The normalized spacial score (nSPS) is 10.8. The van der Waals surface area contributed by atoms with E-state index in [-0.39, 0.29) is 0 Å². The van der Waals surface area contributed by atoms with Gasteiger partial charge in [0.2, 0.25) is 0 Å². The van der Waals surface area contributed by atoms with E-state index in [1.807, 2.05) is 11.4 Å². The Morgan fingerprint density at radius 1 is 1.50 bits per heavy atom. The predicted octanol–water partition coefficient (Wildman–Crippen LogP) is 3.43. The lowest BCUT2D eigenvalue weighted by molar-refractivity contribution is 1.60. The zero-order valence-corrected chi connectivity index (χ0v) is 8.51. The highest BCUT2D eigenvalue weighted by Gasteiger charge is 2.06. The summed E-state index contributed by atoms with van der Waals surface area (Å²) >= 11 is 11.9. The molecule has 62 valence electrons. The van der Waals surface area contributed by atoms with E-state index in [4.69, 9.17) is 17.3 Å². The first kappa shape index (κ1) is 8.23. The lowest BCUT2D eigenvalue weighted by Crippen LogP contribution is -1.86. The number of nitrogen functional groups attached to an aromatic ring is 1. The smallest absolute Gasteiger partial charge is 0.0723 e. The molecule has 4 heteroatoms. The molecule has 0 radical (unpaired) electrons. The first-order valence-corrected chi connectivity index (χ1v) is 5.05. The number of hydrogen-bond donors (Lipinski definition) is 2. The summed E-state index contributed by atoms with van der Waals surface area (Å²) in [7, 11) is 0. The second-order valence-corrected chi connectivity index (χ2v) is 4.24. The van der Waals surface area contributed by atoms with Crippen molar-refractivity contribution in [2.24, 2.45) is 0 Å². The van der Waals surface area contributed by atoms with Crippen molar-refractivity contribution in [3.63, 3.8) is 0 Å². The molecule has 0 amide bonds. The molecule has 0 aliphatic rings. The number of halogens is 1. The first-order valence-electron chi connectivity index (χ1n) is 3.34. The number of thiophene rings is 1. The number of fused-ring (bicyclic) bond motifs is 1. The van der Waals surface area contributed by atoms with Gasteiger partial charge in [-0.05, 0) is 17.5 Å². The van der Waals surface area contributed by atoms with Crippen LogP contribution in [0.1, 0.15) is 0 Å². The van der Waals surface area contributed by atoms with Gasteiger partial charge < -0.3 is 5.73 Å². The largest absolute Gasteiger partial charge is 0.397 e. The van der Waals surface area contributed by atoms with E-state index < -0.39 is 0 Å². The molecule has 1 aromatic carbocycles. The number of thiol groups is 1. The molecule has 0 atom stereocenters. The van der Waals surface area contributed by atoms with Crippen LogP contribution in [0, 0.1) is 0 Å². The Balaban J connectivity index is 2.97. The zero-order valence-electron chi connectivity index (χ0n) is 6.04. The van der Waals surface area contributed by atoms with Crippen LogP contribution in [0.3, 0.4) is 0 Å². The molecular weight excluding hydrogens is 210 g/mol. The van der Waals surface area contributed by atoms with Crippen molar-refractivity contribution in [2.75, 3.05) is 5.73 Å². The highest BCUT2D eigenvalue weighted by atomic mass is 35.5. The van der Waals surface area contributed by atoms with Crippen LogP contribution in [0.2, 0.25) is 5.02 Å². The van der Waals surface area contributed by atoms with Gasteiger partial charge in [0.25, 0.3) is 0 Å². The summed E-state index contributed by atoms with van der Waals surface area (Å²) in [5, 5.41) is 3.60. The monoisotopic (exact) mass is 215 g/mol. The van der Waals surface area contributed by atoms with Gasteiger partial charge in [-0.15, -0.1) is 24.0 Å². The number of rotatable bonds is 0. The fourth-order valence-electron chi connectivity index (χ4n) is 1.11. The molecule has 0 aliphatic heterocycles. The summed E-state index contributed by atoms with van der Waals surface area (Å²) in [5.41, 5.74) is 6.26. The van der Waals surface area contributed by atoms with Crippen molar-refractivity contribution in [3.05, 3.63) is 22.5 Å². The summed E-state index contributed by atoms with van der Waals surface area (Å²) in [5.74, 6) is 0. The van der Waals surface area contributed by atoms with Gasteiger partial charge >= 0.3 is 0 Å². The third-order valence-corrected chi connectivity index (χ3v) is 3.55. The second kappa shape index (κ2) is 2.83. The van der Waals surface area contributed by atoms with Gasteiger partial charge in [-0.1, -0.05) is 11.6 Å². The van der Waals surface area contributed by atoms with E-state index in [1.165, 1.54) is 0 Å². The first-order chi connectivity index (χ1) is 5.70. The van der Waals surface area contributed by atoms with E-state index in [2.05, 4.69) is 12.6 Å². The Hall–Kier alpha value is -0.380. The average molecular weight is 216 g/mol. The van der Waals surface area contributed by atoms with Gasteiger partial charge in [0, 0.05) is 15.0 Å². The molecule has 1 aromatic heterocycles. The summed E-state index contributed by atoms with van der Waals surface area (Å²) in [6, 6.07) is 3.74. The Kier molecular flexibility index (Phi) is 1.94. The molecule has 0 aliphatic carbocycles. The molecular formula is C8H6ClNS2. The Morgan fingerprint density at radius 3 is 3.00 bits per heavy atom. The van der Waals surface area contributed by atoms with Crippen molar-refractivity contribution in [3.8, 4) is 0 Å². The maximum absolute atomic E-state index is 5.99. The third kappa shape index (κ3) is 1.09. The summed E-state index contributed by atoms with van der Waals surface area (Å²) in [6.45, 7) is 0. The minimum absolute atomic E-state index is 0.590. The van der Waals surface area contributed by atoms with Gasteiger partial charge in [-0.2, -0.15) is 0 Å². The van der Waals surface area contributed by atoms with Crippen molar-refractivity contribution >= 4 is 51.3 Å². The van der Waals surface area contributed by atoms with E-state index in [1.54, 1.807) is 17.4 Å². The third-order valence-electron chi connectivity index (χ3n) is 1.68. The zero-order chi connectivity index (χ0) is 8.72. The Bertz CT molecular complexity index is 436. The maximum Gasteiger partial charge on any atom is 0.0723 e. The van der Waals surface area contributed by atoms with E-state index in [9.17, 15) is 0 Å². The van der Waals surface area contributed by atoms with Crippen LogP contribution in [-0.4, -0.2) is 0 Å². The van der Waals surface area contributed by atoms with Crippen LogP contribution in [-0.2, 0) is 0 Å². The molecule has 0 saturated heterocycles. The van der Waals surface area contributed by atoms with Gasteiger partial charge in [0.05, 0.1) is 10.7 Å². The molecule has 2 aromatic rings. The lowest BCUT2D eigenvalue weighted by atomic mass is 10.2. The lowest BCUT2D eigenvalue weighted by Gasteiger charge is -2.01. The van der Waals surface area contributed by atoms with Crippen molar-refractivity contribution in [2.45, 2.75) is 4.90 Å². The Labute approximate surface area is 84.6 Å². The summed E-state index contributed by atoms with van der Waals surface area (Å²) in [4.78, 5) is 0.891. The fourth-order valence-corrected chi connectivity index (χ4v) is 2.61. The standard InChI is InChI=1S/C8H6ClNS2/c9-7-4-1-2-12-8(4)6(11)3-5(7)10/h1-3,11H,10H2. The molecule has 0 unspecified atom stereocenters. The van der Waals surface area contributed by atoms with Crippen LogP contribution in [0.25, 0.3) is 10.1 Å². The predicted molar refractivity (Wildman–Crippen MR) is 58.5 cm³/mol. The second-order valence-electron chi connectivity index (χ2n) is 2.46. The van der Waals surface area contributed by atoms with Crippen LogP contribution >= 0.6 is 35.6 Å². The molecule has 0 spiro atoms. The van der Waals surface area contributed by atoms with Gasteiger partial charge in [-0.3, -0.25) is 0 Å². The summed E-state index contributed by atoms with van der Waals surface area (Å²) < 4.78 is 1.09. The fraction of sp³-hybridized carbons (Fsp3) is 0. The highest BCUT2D eigenvalue weighted by molar-refractivity contribution is 7.80. The molecule has 0 saturated carbocycles. The minimum atomic E-state index is 0.590. The van der Waals surface area contributed by atoms with E-state index in [0.717, 1.165) is 15.0 Å². The van der Waals surface area contributed by atoms with Crippen LogP contribution < -0.4 is 5.73 Å². The molecule has 12 heavy (non-hydrogen) atoms. The van der Waals surface area contributed by atoms with Crippen LogP contribution in [0.5, 0.6) is 0 Å². The number of nitrogens with two attached hydrogens (primary N) is 1. The summed E-state index contributed by atoms with van der Waals surface area (Å²) in [6.07, 6.45) is 0. The molecule has 0 fully saturated rings. The quantitative estimate of drug-likeness (QED) is 0.511. The van der Waals surface area contributed by atoms with Crippen LogP contribution in [0.4, 0.5) is 5.69 Å². The van der Waals surface area contributed by atoms with E-state index >= 15 is 0 Å². The highest BCUT2D eigenvalue weighted by Crippen LogP contribution is 2.36. The minimum Gasteiger partial charge on any atom is -0.397 e. The van der Waals surface area contributed by atoms with Crippen molar-refractivity contribution < 1.29 is 0 Å². The average Bonchev–Trinajstić information content (AvgIpc) is 2.48. The van der Waals surface area contributed by atoms with Gasteiger partial charge in [-0.25, -0.2) is 0 Å². The topological polar surface area (TPSA) is 26.0 Å². The molecule has 2 N–H and O–H groups in total. The van der Waals surface area contributed by atoms with Crippen molar-refractivity contribution in [1.82, 2.24) is 0 Å². The Morgan fingerprint density at radius 2 is 2.25 bits per heavy atom. The van der Waals surface area contributed by atoms with E-state index in [0.29, 0.717) is 10.7 Å². The van der Waals surface area contributed by atoms with Gasteiger partial charge in [0.15, 0.2) is 0 Å². The van der Waals surface area contributed by atoms with Crippen LogP contribution in [0.15, 0.2) is 22.4 Å². The molecule has 0 bridgehead atoms. The maximum atomic E-state index is 5.99. The molecule has 2 rings (SSSR count). The van der Waals surface area contributed by atoms with Crippen molar-refractivity contribution in [1.29, 1.82) is 0 Å². The van der Waals surface area contributed by atoms with Gasteiger partial charge in [0.1, 0.15) is 0 Å². The number of hydrogen-bond acceptors (Lipinski definition) is 3. The molecule has 1 nitrogen and oxygen atoms in total. The molecule has 1 heterocycles.